The molecule has 0 aliphatic rings. The van der Waals surface area contributed by atoms with Crippen molar-refractivity contribution < 1.29 is 18.7 Å². The average molecular weight is 234 g/mol. The number of furan rings is 1. The molecule has 88 valence electrons. The Balaban J connectivity index is 3.15. The van der Waals surface area contributed by atoms with Gasteiger partial charge in [0.15, 0.2) is 0 Å². The summed E-state index contributed by atoms with van der Waals surface area (Å²) in [5.41, 5.74) is 4.94. The van der Waals surface area contributed by atoms with Gasteiger partial charge in [-0.1, -0.05) is 0 Å². The number of aryl methyl sites for hydroxylation is 1. The van der Waals surface area contributed by atoms with Crippen LogP contribution in [0.15, 0.2) is 16.1 Å². The number of esters is 1. The molecule has 1 rings (SSSR count). The maximum atomic E-state index is 11.3. The molecule has 0 radical (unpaired) electrons. The van der Waals surface area contributed by atoms with Crippen molar-refractivity contribution in [2.75, 3.05) is 7.11 Å². The van der Waals surface area contributed by atoms with Crippen LogP contribution >= 0.6 is 0 Å². The molecule has 0 aliphatic carbocycles. The van der Waals surface area contributed by atoms with E-state index in [0.717, 1.165) is 0 Å². The lowest BCUT2D eigenvalue weighted by molar-refractivity contribution is -0.114. The van der Waals surface area contributed by atoms with E-state index in [9.17, 15) is 9.59 Å². The van der Waals surface area contributed by atoms with Gasteiger partial charge in [-0.05, 0) is 13.0 Å². The summed E-state index contributed by atoms with van der Waals surface area (Å²) in [7, 11) is 1.24. The quantitative estimate of drug-likeness (QED) is 0.472. The van der Waals surface area contributed by atoms with E-state index in [0.29, 0.717) is 5.76 Å². The Morgan fingerprint density at radius 3 is 2.71 bits per heavy atom. The number of methoxy groups -OCH3 is 1. The van der Waals surface area contributed by atoms with Gasteiger partial charge < -0.3 is 14.9 Å². The average Bonchev–Trinajstić information content (AvgIpc) is 2.65. The Labute approximate surface area is 97.3 Å². The van der Waals surface area contributed by atoms with Crippen molar-refractivity contribution in [1.82, 2.24) is 0 Å². The summed E-state index contributed by atoms with van der Waals surface area (Å²) in [4.78, 5) is 22.1. The number of hydrogen-bond donors (Lipinski definition) is 1. The van der Waals surface area contributed by atoms with Crippen molar-refractivity contribution in [2.45, 2.75) is 6.92 Å². The third-order valence-corrected chi connectivity index (χ3v) is 2.01. The van der Waals surface area contributed by atoms with Crippen LogP contribution in [0.25, 0.3) is 6.08 Å². The third-order valence-electron chi connectivity index (χ3n) is 2.01. The van der Waals surface area contributed by atoms with E-state index in [4.69, 9.17) is 15.4 Å². The first-order valence-corrected chi connectivity index (χ1v) is 4.60. The maximum absolute atomic E-state index is 11.3. The fraction of sp³-hybridized carbons (Fsp3) is 0.182. The van der Waals surface area contributed by atoms with Crippen molar-refractivity contribution in [2.24, 2.45) is 5.73 Å². The molecule has 6 heteroatoms. The molecule has 1 aromatic rings. The van der Waals surface area contributed by atoms with E-state index < -0.39 is 11.9 Å². The molecule has 1 heterocycles. The molecule has 0 bridgehead atoms. The lowest BCUT2D eigenvalue weighted by Crippen LogP contribution is -2.12. The number of carbonyl (C=O) groups is 2. The number of hydrogen-bond acceptors (Lipinski definition) is 5. The fourth-order valence-corrected chi connectivity index (χ4v) is 1.19. The number of carbonyl (C=O) groups excluding carboxylic acids is 2. The SMILES string of the molecule is COC(=O)c1cc(/C=C(\C#N)C(N)=O)oc1C. The smallest absolute Gasteiger partial charge is 0.341 e. The van der Waals surface area contributed by atoms with Crippen LogP contribution in [-0.2, 0) is 9.53 Å². The number of primary amides is 1. The van der Waals surface area contributed by atoms with Gasteiger partial charge in [-0.3, -0.25) is 4.79 Å². The molecule has 2 N–H and O–H groups in total. The predicted molar refractivity (Wildman–Crippen MR) is 57.6 cm³/mol. The molecule has 0 saturated carbocycles. The second kappa shape index (κ2) is 4.99. The number of rotatable bonds is 3. The van der Waals surface area contributed by atoms with Gasteiger partial charge in [0.2, 0.25) is 0 Å². The molecule has 0 atom stereocenters. The van der Waals surface area contributed by atoms with Gasteiger partial charge in [0.25, 0.3) is 5.91 Å². The highest BCUT2D eigenvalue weighted by atomic mass is 16.5. The third kappa shape index (κ3) is 2.72. The van der Waals surface area contributed by atoms with E-state index in [2.05, 4.69) is 4.74 Å². The minimum atomic E-state index is -0.860. The molecule has 6 nitrogen and oxygen atoms in total. The van der Waals surface area contributed by atoms with E-state index >= 15 is 0 Å². The molecule has 1 aromatic heterocycles. The summed E-state index contributed by atoms with van der Waals surface area (Å²) in [5.74, 6) is -0.882. The first-order chi connectivity index (χ1) is 7.99. The topological polar surface area (TPSA) is 106 Å². The normalized spacial score (nSPS) is 10.8. The van der Waals surface area contributed by atoms with Crippen LogP contribution in [0.4, 0.5) is 0 Å². The number of nitriles is 1. The van der Waals surface area contributed by atoms with Crippen LogP contribution in [0.5, 0.6) is 0 Å². The second-order valence-electron chi connectivity index (χ2n) is 3.14. The van der Waals surface area contributed by atoms with Crippen LogP contribution in [0.1, 0.15) is 21.9 Å². The molecule has 17 heavy (non-hydrogen) atoms. The highest BCUT2D eigenvalue weighted by molar-refractivity contribution is 6.00. The first kappa shape index (κ1) is 12.5. The zero-order chi connectivity index (χ0) is 13.0. The molecule has 0 unspecified atom stereocenters. The number of ether oxygens (including phenoxy) is 1. The Bertz CT molecular complexity index is 534. The van der Waals surface area contributed by atoms with E-state index in [-0.39, 0.29) is 16.9 Å². The number of amides is 1. The summed E-state index contributed by atoms with van der Waals surface area (Å²) in [5, 5.41) is 8.64. The Morgan fingerprint density at radius 2 is 2.24 bits per heavy atom. The van der Waals surface area contributed by atoms with Crippen LogP contribution in [0.2, 0.25) is 0 Å². The van der Waals surface area contributed by atoms with Gasteiger partial charge in [-0.25, -0.2) is 4.79 Å². The second-order valence-corrected chi connectivity index (χ2v) is 3.14. The first-order valence-electron chi connectivity index (χ1n) is 4.60. The van der Waals surface area contributed by atoms with Gasteiger partial charge in [0, 0.05) is 6.08 Å². The van der Waals surface area contributed by atoms with Crippen molar-refractivity contribution in [1.29, 1.82) is 5.26 Å². The molecule has 1 amide bonds. The summed E-state index contributed by atoms with van der Waals surface area (Å²) < 4.78 is 9.72. The van der Waals surface area contributed by atoms with E-state index in [1.165, 1.54) is 19.3 Å². The minimum absolute atomic E-state index is 0.193. The molecule has 0 saturated heterocycles. The van der Waals surface area contributed by atoms with Crippen molar-refractivity contribution in [3.63, 3.8) is 0 Å². The molecular weight excluding hydrogens is 224 g/mol. The Hall–Kier alpha value is -2.55. The van der Waals surface area contributed by atoms with Crippen LogP contribution in [0, 0.1) is 18.3 Å². The maximum Gasteiger partial charge on any atom is 0.341 e. The molecular formula is C11H10N2O4. The predicted octanol–water partition coefficient (Wildman–Crippen LogP) is 0.767. The molecule has 0 fully saturated rings. The van der Waals surface area contributed by atoms with Gasteiger partial charge in [0.05, 0.1) is 7.11 Å². The van der Waals surface area contributed by atoms with E-state index in [1.54, 1.807) is 13.0 Å². The summed E-state index contributed by atoms with van der Waals surface area (Å²) >= 11 is 0. The largest absolute Gasteiger partial charge is 0.465 e. The Morgan fingerprint density at radius 1 is 1.59 bits per heavy atom. The standard InChI is InChI=1S/C11H10N2O4/c1-6-9(11(15)16-2)4-8(17-6)3-7(5-12)10(13)14/h3-4H,1-2H3,(H2,13,14)/b7-3+. The van der Waals surface area contributed by atoms with Crippen molar-refractivity contribution >= 4 is 18.0 Å². The van der Waals surface area contributed by atoms with E-state index in [1.807, 2.05) is 0 Å². The summed E-state index contributed by atoms with van der Waals surface area (Å²) in [6.45, 7) is 1.57. The lowest BCUT2D eigenvalue weighted by atomic mass is 10.2. The highest BCUT2D eigenvalue weighted by Crippen LogP contribution is 2.18. The highest BCUT2D eigenvalue weighted by Gasteiger charge is 2.15. The molecule has 0 aromatic carbocycles. The fourth-order valence-electron chi connectivity index (χ4n) is 1.19. The Kier molecular flexibility index (Phi) is 3.67. The van der Waals surface area contributed by atoms with Gasteiger partial charge in [-0.2, -0.15) is 5.26 Å². The van der Waals surface area contributed by atoms with Crippen LogP contribution in [-0.4, -0.2) is 19.0 Å². The van der Waals surface area contributed by atoms with Gasteiger partial charge in [0.1, 0.15) is 28.7 Å². The zero-order valence-electron chi connectivity index (χ0n) is 9.31. The van der Waals surface area contributed by atoms with Crippen LogP contribution in [0.3, 0.4) is 0 Å². The van der Waals surface area contributed by atoms with Crippen LogP contribution < -0.4 is 5.73 Å². The zero-order valence-corrected chi connectivity index (χ0v) is 9.31. The summed E-state index contributed by atoms with van der Waals surface area (Å²) in [6.07, 6.45) is 1.17. The van der Waals surface area contributed by atoms with Crippen molar-refractivity contribution in [3.05, 3.63) is 28.7 Å². The summed E-state index contributed by atoms with van der Waals surface area (Å²) in [6, 6.07) is 3.01. The molecule has 0 spiro atoms. The molecule has 0 aliphatic heterocycles. The monoisotopic (exact) mass is 234 g/mol. The number of nitrogens with two attached hydrogens (primary N) is 1. The van der Waals surface area contributed by atoms with Crippen molar-refractivity contribution in [3.8, 4) is 6.07 Å². The van der Waals surface area contributed by atoms with Gasteiger partial charge in [-0.15, -0.1) is 0 Å². The van der Waals surface area contributed by atoms with Gasteiger partial charge >= 0.3 is 5.97 Å². The minimum Gasteiger partial charge on any atom is -0.465 e. The number of nitrogens with zero attached hydrogens (tertiary/aromatic N) is 1. The lowest BCUT2D eigenvalue weighted by Gasteiger charge is -1.93.